The second-order valence-electron chi connectivity index (χ2n) is 8.08. The molecule has 164 valence electrons. The summed E-state index contributed by atoms with van der Waals surface area (Å²) in [4.78, 5) is 17.2. The summed E-state index contributed by atoms with van der Waals surface area (Å²) in [5.41, 5.74) is 8.08. The molecular weight excluding hydrogens is 400 g/mol. The van der Waals surface area contributed by atoms with Crippen molar-refractivity contribution in [2.75, 3.05) is 19.7 Å². The van der Waals surface area contributed by atoms with Gasteiger partial charge in [-0.3, -0.25) is 9.69 Å². The molecule has 1 aliphatic heterocycles. The standard InChI is InChI=1S/C24H27F2N3O2/c1-2-9-29(10-3-4-15-13-28-22-8-5-16(25)11-19(15)22)17-12-20-21(26)7-6-18(24(27)30)23(20)31-14-17/h5-8,11,13,17,28H,2-4,9-10,12,14H2,1H3,(H2,27,30). The number of nitrogens with zero attached hydrogens (tertiary/aromatic N) is 1. The lowest BCUT2D eigenvalue weighted by atomic mass is 9.97. The molecule has 1 aromatic heterocycles. The Hall–Kier alpha value is -2.93. The molecule has 0 radical (unpaired) electrons. The van der Waals surface area contributed by atoms with E-state index in [0.29, 0.717) is 18.6 Å². The summed E-state index contributed by atoms with van der Waals surface area (Å²) in [7, 11) is 0. The van der Waals surface area contributed by atoms with Gasteiger partial charge in [-0.15, -0.1) is 0 Å². The van der Waals surface area contributed by atoms with Crippen LogP contribution in [-0.4, -0.2) is 41.5 Å². The zero-order valence-corrected chi connectivity index (χ0v) is 17.6. The Morgan fingerprint density at radius 2 is 2.10 bits per heavy atom. The molecule has 4 rings (SSSR count). The molecule has 1 atom stereocenters. The summed E-state index contributed by atoms with van der Waals surface area (Å²) in [6.07, 6.45) is 5.08. The number of aryl methyl sites for hydroxylation is 1. The van der Waals surface area contributed by atoms with Gasteiger partial charge in [-0.05, 0) is 74.7 Å². The van der Waals surface area contributed by atoms with Gasteiger partial charge >= 0.3 is 0 Å². The van der Waals surface area contributed by atoms with Crippen LogP contribution in [0.1, 0.15) is 41.3 Å². The normalized spacial score (nSPS) is 15.8. The fraction of sp³-hybridized carbons (Fsp3) is 0.375. The number of benzene rings is 2. The van der Waals surface area contributed by atoms with Crippen LogP contribution in [0, 0.1) is 11.6 Å². The van der Waals surface area contributed by atoms with Crippen molar-refractivity contribution in [1.82, 2.24) is 9.88 Å². The number of aromatic nitrogens is 1. The molecular formula is C24H27F2N3O2. The van der Waals surface area contributed by atoms with Crippen LogP contribution in [0.5, 0.6) is 5.75 Å². The minimum atomic E-state index is -0.615. The van der Waals surface area contributed by atoms with Crippen molar-refractivity contribution in [2.24, 2.45) is 5.73 Å². The van der Waals surface area contributed by atoms with E-state index in [4.69, 9.17) is 10.5 Å². The van der Waals surface area contributed by atoms with Crippen molar-refractivity contribution in [3.8, 4) is 5.75 Å². The van der Waals surface area contributed by atoms with E-state index in [1.165, 1.54) is 18.2 Å². The van der Waals surface area contributed by atoms with Gasteiger partial charge in [0.25, 0.3) is 5.91 Å². The number of hydrogen-bond donors (Lipinski definition) is 2. The van der Waals surface area contributed by atoms with Crippen molar-refractivity contribution < 1.29 is 18.3 Å². The first-order valence-corrected chi connectivity index (χ1v) is 10.7. The zero-order chi connectivity index (χ0) is 22.0. The largest absolute Gasteiger partial charge is 0.491 e. The highest BCUT2D eigenvalue weighted by Crippen LogP contribution is 2.32. The first kappa shape index (κ1) is 21.3. The molecule has 0 aliphatic carbocycles. The quantitative estimate of drug-likeness (QED) is 0.566. The van der Waals surface area contributed by atoms with Gasteiger partial charge in [0, 0.05) is 28.7 Å². The fourth-order valence-corrected chi connectivity index (χ4v) is 4.46. The smallest absolute Gasteiger partial charge is 0.252 e. The van der Waals surface area contributed by atoms with E-state index in [0.717, 1.165) is 48.8 Å². The van der Waals surface area contributed by atoms with Gasteiger partial charge in [0.2, 0.25) is 0 Å². The Morgan fingerprint density at radius 3 is 2.87 bits per heavy atom. The number of nitrogens with two attached hydrogens (primary N) is 1. The monoisotopic (exact) mass is 427 g/mol. The molecule has 1 aliphatic rings. The molecule has 2 heterocycles. The topological polar surface area (TPSA) is 71.3 Å². The van der Waals surface area contributed by atoms with Gasteiger partial charge in [-0.25, -0.2) is 8.78 Å². The average Bonchev–Trinajstić information content (AvgIpc) is 3.15. The number of primary amides is 1. The van der Waals surface area contributed by atoms with Gasteiger partial charge in [0.05, 0.1) is 5.56 Å². The predicted molar refractivity (Wildman–Crippen MR) is 116 cm³/mol. The van der Waals surface area contributed by atoms with Crippen LogP contribution in [0.4, 0.5) is 8.78 Å². The molecule has 0 spiro atoms. The van der Waals surface area contributed by atoms with E-state index in [-0.39, 0.29) is 29.0 Å². The average molecular weight is 427 g/mol. The molecule has 5 nitrogen and oxygen atoms in total. The maximum Gasteiger partial charge on any atom is 0.252 e. The number of amides is 1. The molecule has 7 heteroatoms. The summed E-state index contributed by atoms with van der Waals surface area (Å²) >= 11 is 0. The van der Waals surface area contributed by atoms with E-state index in [1.807, 2.05) is 6.20 Å². The molecule has 1 unspecified atom stereocenters. The van der Waals surface area contributed by atoms with Crippen LogP contribution in [0.2, 0.25) is 0 Å². The first-order valence-electron chi connectivity index (χ1n) is 10.7. The highest BCUT2D eigenvalue weighted by Gasteiger charge is 2.29. The van der Waals surface area contributed by atoms with Gasteiger partial charge in [-0.2, -0.15) is 0 Å². The lowest BCUT2D eigenvalue weighted by molar-refractivity contribution is 0.0975. The second-order valence-corrected chi connectivity index (χ2v) is 8.08. The maximum absolute atomic E-state index is 14.5. The Bertz CT molecular complexity index is 1100. The number of rotatable bonds is 8. The minimum absolute atomic E-state index is 0.0190. The molecule has 3 aromatic rings. The highest BCUT2D eigenvalue weighted by atomic mass is 19.1. The lowest BCUT2D eigenvalue weighted by Gasteiger charge is -2.35. The Kier molecular flexibility index (Phi) is 6.23. The lowest BCUT2D eigenvalue weighted by Crippen LogP contribution is -2.44. The number of halogens is 2. The zero-order valence-electron chi connectivity index (χ0n) is 17.6. The number of aromatic amines is 1. The number of nitrogens with one attached hydrogen (secondary N) is 1. The number of carbonyl (C=O) groups is 1. The molecule has 0 fully saturated rings. The van der Waals surface area contributed by atoms with Crippen molar-refractivity contribution in [1.29, 1.82) is 0 Å². The van der Waals surface area contributed by atoms with E-state index in [1.54, 1.807) is 12.1 Å². The van der Waals surface area contributed by atoms with Crippen molar-refractivity contribution >= 4 is 16.8 Å². The molecule has 3 N–H and O–H groups in total. The Balaban J connectivity index is 1.45. The van der Waals surface area contributed by atoms with Crippen LogP contribution in [0.25, 0.3) is 10.9 Å². The fourth-order valence-electron chi connectivity index (χ4n) is 4.46. The third-order valence-electron chi connectivity index (χ3n) is 5.98. The number of hydrogen-bond acceptors (Lipinski definition) is 3. The van der Waals surface area contributed by atoms with Crippen LogP contribution in [0.15, 0.2) is 36.5 Å². The van der Waals surface area contributed by atoms with Gasteiger partial charge in [0.15, 0.2) is 0 Å². The molecule has 31 heavy (non-hydrogen) atoms. The Morgan fingerprint density at radius 1 is 1.26 bits per heavy atom. The molecule has 0 saturated carbocycles. The van der Waals surface area contributed by atoms with Crippen molar-refractivity contribution in [3.05, 3.63) is 64.9 Å². The summed E-state index contributed by atoms with van der Waals surface area (Å²) in [5, 5.41) is 0.915. The molecule has 0 saturated heterocycles. The van der Waals surface area contributed by atoms with Crippen LogP contribution in [-0.2, 0) is 12.8 Å². The number of fused-ring (bicyclic) bond motifs is 2. The van der Waals surface area contributed by atoms with Crippen molar-refractivity contribution in [3.63, 3.8) is 0 Å². The second kappa shape index (κ2) is 9.06. The molecule has 0 bridgehead atoms. The SMILES string of the molecule is CCCN(CCCc1c[nH]c2ccc(F)cc12)C1COc2c(C(N)=O)ccc(F)c2C1. The maximum atomic E-state index is 14.5. The predicted octanol–water partition coefficient (Wildman–Crippen LogP) is 4.19. The summed E-state index contributed by atoms with van der Waals surface area (Å²) in [6, 6.07) is 7.45. The summed E-state index contributed by atoms with van der Waals surface area (Å²) in [5.74, 6) is -0.949. The van der Waals surface area contributed by atoms with Crippen LogP contribution in [0.3, 0.4) is 0 Å². The van der Waals surface area contributed by atoms with E-state index in [2.05, 4.69) is 16.8 Å². The number of H-pyrrole nitrogens is 1. The highest BCUT2D eigenvalue weighted by molar-refractivity contribution is 5.96. The summed E-state index contributed by atoms with van der Waals surface area (Å²) < 4.78 is 33.9. The van der Waals surface area contributed by atoms with Gasteiger partial charge < -0.3 is 15.5 Å². The number of ether oxygens (including phenoxy) is 1. The van der Waals surface area contributed by atoms with Gasteiger partial charge in [-0.1, -0.05) is 6.92 Å². The number of carbonyl (C=O) groups excluding carboxylic acids is 1. The molecule has 1 amide bonds. The molecule has 2 aromatic carbocycles. The van der Waals surface area contributed by atoms with Gasteiger partial charge in [0.1, 0.15) is 24.0 Å². The van der Waals surface area contributed by atoms with Crippen LogP contribution < -0.4 is 10.5 Å². The van der Waals surface area contributed by atoms with Crippen LogP contribution >= 0.6 is 0 Å². The van der Waals surface area contributed by atoms with Crippen molar-refractivity contribution in [2.45, 2.75) is 38.6 Å². The van der Waals surface area contributed by atoms with E-state index in [9.17, 15) is 13.6 Å². The third kappa shape index (κ3) is 4.42. The van der Waals surface area contributed by atoms with E-state index < -0.39 is 5.91 Å². The summed E-state index contributed by atoms with van der Waals surface area (Å²) in [6.45, 7) is 4.17. The minimum Gasteiger partial charge on any atom is -0.491 e. The van der Waals surface area contributed by atoms with E-state index >= 15 is 0 Å². The Labute approximate surface area is 180 Å². The first-order chi connectivity index (χ1) is 15.0. The third-order valence-corrected chi connectivity index (χ3v) is 5.98.